The molecule has 1 rings (SSSR count). The van der Waals surface area contributed by atoms with Crippen molar-refractivity contribution in [1.82, 2.24) is 9.80 Å². The molecule has 0 radical (unpaired) electrons. The maximum absolute atomic E-state index is 5.68. The highest BCUT2D eigenvalue weighted by Gasteiger charge is 2.16. The molecular formula is C12H26N2O. The summed E-state index contributed by atoms with van der Waals surface area (Å²) in [4.78, 5) is 4.71. The van der Waals surface area contributed by atoms with Gasteiger partial charge >= 0.3 is 0 Å². The number of nitrogens with zero attached hydrogens (tertiary/aromatic N) is 2. The van der Waals surface area contributed by atoms with Crippen LogP contribution >= 0.6 is 0 Å². The van der Waals surface area contributed by atoms with Gasteiger partial charge in [0.25, 0.3) is 0 Å². The van der Waals surface area contributed by atoms with E-state index in [2.05, 4.69) is 30.8 Å². The van der Waals surface area contributed by atoms with E-state index in [9.17, 15) is 0 Å². The Kier molecular flexibility index (Phi) is 6.22. The van der Waals surface area contributed by atoms with Crippen molar-refractivity contribution in [2.24, 2.45) is 0 Å². The van der Waals surface area contributed by atoms with Crippen molar-refractivity contribution in [2.75, 3.05) is 46.9 Å². The maximum atomic E-state index is 5.68. The molecule has 0 spiro atoms. The van der Waals surface area contributed by atoms with Crippen molar-refractivity contribution >= 4 is 0 Å². The minimum atomic E-state index is 0.590. The normalized spacial score (nSPS) is 20.8. The van der Waals surface area contributed by atoms with Gasteiger partial charge in [-0.1, -0.05) is 6.42 Å². The first kappa shape index (κ1) is 12.9. The Balaban J connectivity index is 2.04. The second-order valence-electron chi connectivity index (χ2n) is 4.82. The van der Waals surface area contributed by atoms with Crippen LogP contribution in [0.3, 0.4) is 0 Å². The molecule has 0 amide bonds. The minimum Gasteiger partial charge on any atom is -0.379 e. The first-order chi connectivity index (χ1) is 7.20. The second-order valence-corrected chi connectivity index (χ2v) is 4.82. The third-order valence-electron chi connectivity index (χ3n) is 3.06. The fraction of sp³-hybridized carbons (Fsp3) is 1.00. The van der Waals surface area contributed by atoms with Crippen LogP contribution in [0.2, 0.25) is 0 Å². The third-order valence-corrected chi connectivity index (χ3v) is 3.06. The van der Waals surface area contributed by atoms with Crippen LogP contribution in [0.25, 0.3) is 0 Å². The van der Waals surface area contributed by atoms with Gasteiger partial charge in [0.1, 0.15) is 0 Å². The largest absolute Gasteiger partial charge is 0.379 e. The van der Waals surface area contributed by atoms with Gasteiger partial charge in [0.15, 0.2) is 0 Å². The molecule has 90 valence electrons. The number of hydrogen-bond donors (Lipinski definition) is 0. The Morgan fingerprint density at radius 1 is 1.20 bits per heavy atom. The van der Waals surface area contributed by atoms with Crippen LogP contribution < -0.4 is 0 Å². The number of rotatable bonds is 6. The van der Waals surface area contributed by atoms with Crippen molar-refractivity contribution in [1.29, 1.82) is 0 Å². The van der Waals surface area contributed by atoms with Crippen molar-refractivity contribution in [3.63, 3.8) is 0 Å². The Hall–Kier alpha value is -0.120. The predicted molar refractivity (Wildman–Crippen MR) is 64.3 cm³/mol. The lowest BCUT2D eigenvalue weighted by Crippen LogP contribution is -2.40. The lowest BCUT2D eigenvalue weighted by molar-refractivity contribution is 0.0514. The maximum Gasteiger partial charge on any atom is 0.0619 e. The van der Waals surface area contributed by atoms with Crippen LogP contribution in [-0.4, -0.2) is 62.8 Å². The number of ether oxygens (including phenoxy) is 1. The van der Waals surface area contributed by atoms with Gasteiger partial charge in [-0.25, -0.2) is 0 Å². The zero-order chi connectivity index (χ0) is 11.1. The molecule has 0 aromatic rings. The molecule has 0 aromatic heterocycles. The molecule has 0 saturated carbocycles. The third kappa shape index (κ3) is 5.50. The molecule has 1 heterocycles. The molecule has 0 aromatic carbocycles. The van der Waals surface area contributed by atoms with E-state index in [1.807, 2.05) is 0 Å². The summed E-state index contributed by atoms with van der Waals surface area (Å²) in [5.74, 6) is 0. The summed E-state index contributed by atoms with van der Waals surface area (Å²) in [5, 5.41) is 0. The van der Waals surface area contributed by atoms with Gasteiger partial charge in [0.05, 0.1) is 13.2 Å². The second kappa shape index (κ2) is 7.20. The van der Waals surface area contributed by atoms with Crippen molar-refractivity contribution in [3.8, 4) is 0 Å². The van der Waals surface area contributed by atoms with Crippen LogP contribution in [-0.2, 0) is 4.74 Å². The minimum absolute atomic E-state index is 0.590. The van der Waals surface area contributed by atoms with Crippen LogP contribution in [0.5, 0.6) is 0 Å². The summed E-state index contributed by atoms with van der Waals surface area (Å²) in [5.41, 5.74) is 0. The average molecular weight is 214 g/mol. The smallest absolute Gasteiger partial charge is 0.0619 e. The molecule has 0 N–H and O–H groups in total. The Morgan fingerprint density at radius 3 is 2.47 bits per heavy atom. The summed E-state index contributed by atoms with van der Waals surface area (Å²) in [6.45, 7) is 7.56. The van der Waals surface area contributed by atoms with E-state index in [1.165, 1.54) is 32.4 Å². The molecule has 1 unspecified atom stereocenters. The SMILES string of the molecule is CC(COCCN(C)C)N1CCCCC1. The zero-order valence-corrected chi connectivity index (χ0v) is 10.5. The van der Waals surface area contributed by atoms with E-state index in [1.54, 1.807) is 0 Å². The van der Waals surface area contributed by atoms with Gasteiger partial charge in [-0.3, -0.25) is 4.90 Å². The van der Waals surface area contributed by atoms with Gasteiger partial charge in [0, 0.05) is 12.6 Å². The monoisotopic (exact) mass is 214 g/mol. The van der Waals surface area contributed by atoms with E-state index in [4.69, 9.17) is 4.74 Å². The fourth-order valence-corrected chi connectivity index (χ4v) is 1.97. The van der Waals surface area contributed by atoms with E-state index in [-0.39, 0.29) is 0 Å². The molecule has 0 bridgehead atoms. The Labute approximate surface area is 94.4 Å². The highest BCUT2D eigenvalue weighted by molar-refractivity contribution is 4.70. The quantitative estimate of drug-likeness (QED) is 0.622. The lowest BCUT2D eigenvalue weighted by Gasteiger charge is -2.32. The molecule has 1 aliphatic heterocycles. The van der Waals surface area contributed by atoms with Crippen LogP contribution in [0.15, 0.2) is 0 Å². The standard InChI is InChI=1S/C12H26N2O/c1-12(11-15-10-9-13(2)3)14-7-5-4-6-8-14/h12H,4-11H2,1-3H3. The Morgan fingerprint density at radius 2 is 1.87 bits per heavy atom. The number of piperidine rings is 1. The zero-order valence-electron chi connectivity index (χ0n) is 10.5. The molecule has 1 saturated heterocycles. The molecule has 1 aliphatic rings. The molecule has 1 atom stereocenters. The van der Waals surface area contributed by atoms with Crippen LogP contribution in [0, 0.1) is 0 Å². The summed E-state index contributed by atoms with van der Waals surface area (Å²) in [6.07, 6.45) is 4.13. The van der Waals surface area contributed by atoms with Gasteiger partial charge in [-0.2, -0.15) is 0 Å². The summed E-state index contributed by atoms with van der Waals surface area (Å²) in [7, 11) is 4.16. The predicted octanol–water partition coefficient (Wildman–Crippen LogP) is 1.44. The highest BCUT2D eigenvalue weighted by Crippen LogP contribution is 2.11. The van der Waals surface area contributed by atoms with Crippen molar-refractivity contribution < 1.29 is 4.74 Å². The summed E-state index contributed by atoms with van der Waals surface area (Å²) < 4.78 is 5.68. The lowest BCUT2D eigenvalue weighted by atomic mass is 10.1. The van der Waals surface area contributed by atoms with Gasteiger partial charge in [-0.15, -0.1) is 0 Å². The molecule has 0 aliphatic carbocycles. The topological polar surface area (TPSA) is 15.7 Å². The van der Waals surface area contributed by atoms with Crippen molar-refractivity contribution in [3.05, 3.63) is 0 Å². The van der Waals surface area contributed by atoms with Gasteiger partial charge in [-0.05, 0) is 47.0 Å². The average Bonchev–Trinajstić information content (AvgIpc) is 2.25. The first-order valence-electron chi connectivity index (χ1n) is 6.16. The van der Waals surface area contributed by atoms with Crippen LogP contribution in [0.4, 0.5) is 0 Å². The van der Waals surface area contributed by atoms with Gasteiger partial charge in [0.2, 0.25) is 0 Å². The summed E-state index contributed by atoms with van der Waals surface area (Å²) >= 11 is 0. The molecule has 1 fully saturated rings. The van der Waals surface area contributed by atoms with Crippen LogP contribution in [0.1, 0.15) is 26.2 Å². The van der Waals surface area contributed by atoms with E-state index in [0.717, 1.165) is 19.8 Å². The van der Waals surface area contributed by atoms with Gasteiger partial charge < -0.3 is 9.64 Å². The van der Waals surface area contributed by atoms with E-state index >= 15 is 0 Å². The first-order valence-corrected chi connectivity index (χ1v) is 6.16. The Bertz CT molecular complexity index is 156. The number of likely N-dealkylation sites (N-methyl/N-ethyl adjacent to an activating group) is 1. The molecule has 3 heteroatoms. The number of likely N-dealkylation sites (tertiary alicyclic amines) is 1. The van der Waals surface area contributed by atoms with E-state index in [0.29, 0.717) is 6.04 Å². The highest BCUT2D eigenvalue weighted by atomic mass is 16.5. The molecule has 15 heavy (non-hydrogen) atoms. The molecular weight excluding hydrogens is 188 g/mol. The summed E-state index contributed by atoms with van der Waals surface area (Å²) in [6, 6.07) is 0.590. The fourth-order valence-electron chi connectivity index (χ4n) is 1.97. The van der Waals surface area contributed by atoms with Crippen molar-refractivity contribution in [2.45, 2.75) is 32.2 Å². The molecule has 3 nitrogen and oxygen atoms in total. The number of hydrogen-bond acceptors (Lipinski definition) is 3. The van der Waals surface area contributed by atoms with E-state index < -0.39 is 0 Å².